The highest BCUT2D eigenvalue weighted by atomic mass is 16.5. The molecule has 5 nitrogen and oxygen atoms in total. The normalized spacial score (nSPS) is 51.7. The van der Waals surface area contributed by atoms with Crippen molar-refractivity contribution >= 4 is 5.97 Å². The van der Waals surface area contributed by atoms with Crippen molar-refractivity contribution in [2.24, 2.45) is 45.3 Å². The Morgan fingerprint density at radius 1 is 1.00 bits per heavy atom. The van der Waals surface area contributed by atoms with Gasteiger partial charge in [-0.25, -0.2) is 0 Å². The molecule has 5 heteroatoms. The number of fused-ring (bicyclic) bond motifs is 5. The summed E-state index contributed by atoms with van der Waals surface area (Å²) in [7, 11) is 0. The van der Waals surface area contributed by atoms with Gasteiger partial charge in [-0.2, -0.15) is 0 Å². The molecular weight excluding hydrogens is 440 g/mol. The first kappa shape index (κ1) is 25.7. The molecule has 5 rings (SSSR count). The van der Waals surface area contributed by atoms with Gasteiger partial charge in [-0.3, -0.25) is 4.79 Å². The highest BCUT2D eigenvalue weighted by Crippen LogP contribution is 2.73. The highest BCUT2D eigenvalue weighted by molar-refractivity contribution is 5.71. The van der Waals surface area contributed by atoms with Gasteiger partial charge in [-0.15, -0.1) is 0 Å². The maximum absolute atomic E-state index is 12.7. The van der Waals surface area contributed by atoms with Crippen molar-refractivity contribution in [2.75, 3.05) is 6.61 Å². The lowest BCUT2D eigenvalue weighted by Crippen LogP contribution is -2.59. The van der Waals surface area contributed by atoms with Crippen LogP contribution in [0, 0.1) is 45.3 Å². The van der Waals surface area contributed by atoms with Crippen LogP contribution in [0.3, 0.4) is 0 Å². The molecule has 0 bridgehead atoms. The molecule has 0 aromatic heterocycles. The average Bonchev–Trinajstić information content (AvgIpc) is 3.28. The average molecular weight is 489 g/mol. The third-order valence-electron chi connectivity index (χ3n) is 12.6. The summed E-state index contributed by atoms with van der Waals surface area (Å²) >= 11 is 0. The van der Waals surface area contributed by atoms with Crippen molar-refractivity contribution in [2.45, 2.75) is 117 Å². The molecule has 10 atom stereocenters. The van der Waals surface area contributed by atoms with Crippen LogP contribution in [0.4, 0.5) is 0 Å². The van der Waals surface area contributed by atoms with Gasteiger partial charge in [-0.05, 0) is 106 Å². The summed E-state index contributed by atoms with van der Waals surface area (Å²) < 4.78 is 6.34. The zero-order valence-electron chi connectivity index (χ0n) is 22.8. The number of aliphatic hydroxyl groups is 2. The number of carboxylic acids is 1. The Morgan fingerprint density at radius 2 is 1.71 bits per heavy atom. The molecule has 0 aromatic carbocycles. The predicted octanol–water partition coefficient (Wildman–Crippen LogP) is 5.58. The first-order valence-electron chi connectivity index (χ1n) is 14.1. The van der Waals surface area contributed by atoms with E-state index >= 15 is 0 Å². The zero-order valence-corrected chi connectivity index (χ0v) is 22.8. The molecule has 0 spiro atoms. The van der Waals surface area contributed by atoms with E-state index in [9.17, 15) is 20.1 Å². The number of aliphatic carboxylic acids is 1. The van der Waals surface area contributed by atoms with Crippen molar-refractivity contribution in [3.05, 3.63) is 11.6 Å². The molecule has 0 aromatic rings. The standard InChI is InChI=1S/C30H48O5/c1-26(2)13-11-21(35-26)24(25(33)34)20-10-16-29(5)19-7-8-22-27(3,18(19)9-15-30(20,29)6)14-12-23(32)28(22,4)17-31/h9,19-24,31-32H,7-8,10-17H2,1-6H3,(H,33,34)/t19-,20-,21-,22-,23+,24+,27-,28-,29+,30-/m1/s1. The van der Waals surface area contributed by atoms with Crippen LogP contribution in [-0.4, -0.2) is 45.7 Å². The number of hydrogen-bond acceptors (Lipinski definition) is 4. The Morgan fingerprint density at radius 3 is 2.31 bits per heavy atom. The zero-order chi connectivity index (χ0) is 25.6. The van der Waals surface area contributed by atoms with Crippen molar-refractivity contribution in [1.29, 1.82) is 0 Å². The van der Waals surface area contributed by atoms with Gasteiger partial charge in [0.25, 0.3) is 0 Å². The fourth-order valence-electron chi connectivity index (χ4n) is 10.2. The molecule has 1 aliphatic heterocycles. The Balaban J connectivity index is 1.50. The Labute approximate surface area is 211 Å². The SMILES string of the molecule is CC1(C)CC[C@H]([C@@H](C(=O)O)[C@H]2CC[C@@]3(C)[C@@H]4CC[C@H]5[C@@](C)(CO)[C@@H](O)CC[C@]5(C)C4=CC[C@]23C)O1. The fourth-order valence-corrected chi connectivity index (χ4v) is 10.2. The summed E-state index contributed by atoms with van der Waals surface area (Å²) in [5.41, 5.74) is 0.831. The van der Waals surface area contributed by atoms with Crippen LogP contribution in [0.1, 0.15) is 99.3 Å². The number of allylic oxidation sites excluding steroid dienone is 2. The largest absolute Gasteiger partial charge is 0.481 e. The van der Waals surface area contributed by atoms with E-state index in [0.717, 1.165) is 57.8 Å². The maximum Gasteiger partial charge on any atom is 0.309 e. The van der Waals surface area contributed by atoms with Crippen molar-refractivity contribution in [1.82, 2.24) is 0 Å². The minimum Gasteiger partial charge on any atom is -0.481 e. The molecule has 0 unspecified atom stereocenters. The summed E-state index contributed by atoms with van der Waals surface area (Å²) in [4.78, 5) is 12.7. The molecule has 1 saturated heterocycles. The monoisotopic (exact) mass is 488 g/mol. The van der Waals surface area contributed by atoms with Crippen LogP contribution in [0.25, 0.3) is 0 Å². The molecule has 4 aliphatic carbocycles. The molecule has 4 fully saturated rings. The molecular formula is C30H48O5. The van der Waals surface area contributed by atoms with Gasteiger partial charge in [0.1, 0.15) is 0 Å². The molecule has 3 saturated carbocycles. The van der Waals surface area contributed by atoms with Gasteiger partial charge in [-0.1, -0.05) is 39.3 Å². The number of aliphatic hydroxyl groups excluding tert-OH is 2. The van der Waals surface area contributed by atoms with Gasteiger partial charge in [0.2, 0.25) is 0 Å². The van der Waals surface area contributed by atoms with E-state index in [4.69, 9.17) is 4.74 Å². The smallest absolute Gasteiger partial charge is 0.309 e. The van der Waals surface area contributed by atoms with Crippen LogP contribution < -0.4 is 0 Å². The molecule has 0 amide bonds. The second kappa shape index (κ2) is 8.04. The van der Waals surface area contributed by atoms with Crippen LogP contribution in [0.5, 0.6) is 0 Å². The molecule has 0 radical (unpaired) electrons. The number of rotatable bonds is 4. The van der Waals surface area contributed by atoms with Crippen LogP contribution in [-0.2, 0) is 9.53 Å². The quantitative estimate of drug-likeness (QED) is 0.450. The van der Waals surface area contributed by atoms with E-state index in [1.54, 1.807) is 5.57 Å². The van der Waals surface area contributed by atoms with E-state index in [0.29, 0.717) is 5.92 Å². The molecule has 198 valence electrons. The summed E-state index contributed by atoms with van der Waals surface area (Å²) in [5.74, 6) is -0.303. The summed E-state index contributed by atoms with van der Waals surface area (Å²) in [5, 5.41) is 31.7. The topological polar surface area (TPSA) is 87.0 Å². The maximum atomic E-state index is 12.7. The first-order valence-corrected chi connectivity index (χ1v) is 14.1. The number of carbonyl (C=O) groups is 1. The third kappa shape index (κ3) is 3.39. The van der Waals surface area contributed by atoms with E-state index < -0.39 is 23.4 Å². The lowest BCUT2D eigenvalue weighted by Gasteiger charge is -2.64. The highest BCUT2D eigenvalue weighted by Gasteiger charge is 2.67. The van der Waals surface area contributed by atoms with Crippen LogP contribution in [0.15, 0.2) is 11.6 Å². The summed E-state index contributed by atoms with van der Waals surface area (Å²) in [6, 6.07) is 0. The predicted molar refractivity (Wildman–Crippen MR) is 136 cm³/mol. The molecule has 35 heavy (non-hydrogen) atoms. The molecule has 3 N–H and O–H groups in total. The second-order valence-corrected chi connectivity index (χ2v) is 14.5. The first-order chi connectivity index (χ1) is 16.2. The third-order valence-corrected chi connectivity index (χ3v) is 12.6. The lowest BCUT2D eigenvalue weighted by atomic mass is 9.41. The Kier molecular flexibility index (Phi) is 5.91. The summed E-state index contributed by atoms with van der Waals surface area (Å²) in [6.07, 6.45) is 10.3. The summed E-state index contributed by atoms with van der Waals surface area (Å²) in [6.45, 7) is 13.5. The van der Waals surface area contributed by atoms with E-state index in [2.05, 4.69) is 47.6 Å². The van der Waals surface area contributed by atoms with E-state index in [-0.39, 0.29) is 46.4 Å². The fraction of sp³-hybridized carbons (Fsp3) is 0.900. The van der Waals surface area contributed by atoms with E-state index in [1.807, 2.05) is 0 Å². The van der Waals surface area contributed by atoms with Gasteiger partial charge in [0.15, 0.2) is 0 Å². The number of hydrogen-bond donors (Lipinski definition) is 3. The minimum absolute atomic E-state index is 0.00710. The number of carboxylic acid groups (broad SMARTS) is 1. The second-order valence-electron chi connectivity index (χ2n) is 14.5. The molecule has 5 aliphatic rings. The van der Waals surface area contributed by atoms with Gasteiger partial charge >= 0.3 is 5.97 Å². The Hall–Kier alpha value is -0.910. The minimum atomic E-state index is -0.686. The van der Waals surface area contributed by atoms with E-state index in [1.165, 1.54) is 0 Å². The van der Waals surface area contributed by atoms with Crippen LogP contribution in [0.2, 0.25) is 0 Å². The van der Waals surface area contributed by atoms with Gasteiger partial charge in [0, 0.05) is 5.41 Å². The van der Waals surface area contributed by atoms with Crippen LogP contribution >= 0.6 is 0 Å². The van der Waals surface area contributed by atoms with Crippen molar-refractivity contribution in [3.63, 3.8) is 0 Å². The van der Waals surface area contributed by atoms with Gasteiger partial charge in [0.05, 0.1) is 30.3 Å². The molecule has 1 heterocycles. The number of ether oxygens (including phenoxy) is 1. The lowest BCUT2D eigenvalue weighted by molar-refractivity contribution is -0.160. The Bertz CT molecular complexity index is 910. The van der Waals surface area contributed by atoms with Crippen molar-refractivity contribution < 1.29 is 24.9 Å². The van der Waals surface area contributed by atoms with Crippen molar-refractivity contribution in [3.8, 4) is 0 Å². The van der Waals surface area contributed by atoms with Gasteiger partial charge < -0.3 is 20.1 Å².